The zero-order valence-corrected chi connectivity index (χ0v) is 15.8. The minimum Gasteiger partial charge on any atom is -0.508 e. The van der Waals surface area contributed by atoms with Gasteiger partial charge in [-0.25, -0.2) is 0 Å². The Balaban J connectivity index is 1.29. The van der Waals surface area contributed by atoms with Crippen molar-refractivity contribution >= 4 is 28.4 Å². The van der Waals surface area contributed by atoms with Crippen LogP contribution in [0.3, 0.4) is 0 Å². The van der Waals surface area contributed by atoms with Gasteiger partial charge in [-0.05, 0) is 29.7 Å². The van der Waals surface area contributed by atoms with E-state index in [1.807, 2.05) is 24.3 Å². The van der Waals surface area contributed by atoms with Gasteiger partial charge in [-0.1, -0.05) is 36.4 Å². The maximum Gasteiger partial charge on any atom is 0.310 e. The highest BCUT2D eigenvalue weighted by atomic mass is 16.5. The summed E-state index contributed by atoms with van der Waals surface area (Å²) < 4.78 is 10.5. The third kappa shape index (κ3) is 4.32. The molecule has 0 spiro atoms. The summed E-state index contributed by atoms with van der Waals surface area (Å²) in [6, 6.07) is 14.8. The SMILES string of the molecule is O=C(Cc1coc2cc(O)ccc12)OCC(=O)N1CC=C(c2ccccc2)CC1. The fourth-order valence-corrected chi connectivity index (χ4v) is 3.46. The van der Waals surface area contributed by atoms with E-state index in [1.165, 1.54) is 29.5 Å². The molecule has 4 rings (SSSR count). The molecule has 6 nitrogen and oxygen atoms in total. The lowest BCUT2D eigenvalue weighted by molar-refractivity contribution is -0.151. The van der Waals surface area contributed by atoms with Crippen LogP contribution in [-0.2, 0) is 20.7 Å². The lowest BCUT2D eigenvalue weighted by Gasteiger charge is -2.26. The molecule has 29 heavy (non-hydrogen) atoms. The summed E-state index contributed by atoms with van der Waals surface area (Å²) in [5.74, 6) is -0.604. The van der Waals surface area contributed by atoms with E-state index >= 15 is 0 Å². The van der Waals surface area contributed by atoms with Gasteiger partial charge in [-0.3, -0.25) is 9.59 Å². The summed E-state index contributed by atoms with van der Waals surface area (Å²) >= 11 is 0. The van der Waals surface area contributed by atoms with E-state index < -0.39 is 5.97 Å². The lowest BCUT2D eigenvalue weighted by Crippen LogP contribution is -2.37. The van der Waals surface area contributed by atoms with Gasteiger partial charge in [0.05, 0.1) is 12.7 Å². The number of rotatable bonds is 5. The normalized spacial score (nSPS) is 13.9. The first-order valence-electron chi connectivity index (χ1n) is 9.47. The van der Waals surface area contributed by atoms with Gasteiger partial charge in [0.25, 0.3) is 5.91 Å². The number of phenols is 1. The number of ether oxygens (including phenoxy) is 1. The Kier molecular flexibility index (Phi) is 5.33. The second kappa shape index (κ2) is 8.22. The predicted molar refractivity (Wildman–Crippen MR) is 108 cm³/mol. The second-order valence-electron chi connectivity index (χ2n) is 6.96. The molecular weight excluding hydrogens is 370 g/mol. The zero-order valence-electron chi connectivity index (χ0n) is 15.8. The molecule has 0 unspecified atom stereocenters. The molecule has 3 aromatic rings. The molecule has 2 aromatic carbocycles. The summed E-state index contributed by atoms with van der Waals surface area (Å²) in [6.07, 6.45) is 4.29. The van der Waals surface area contributed by atoms with Gasteiger partial charge < -0.3 is 19.2 Å². The van der Waals surface area contributed by atoms with E-state index in [-0.39, 0.29) is 24.7 Å². The smallest absolute Gasteiger partial charge is 0.310 e. The van der Waals surface area contributed by atoms with Gasteiger partial charge in [0.2, 0.25) is 0 Å². The topological polar surface area (TPSA) is 80.0 Å². The highest BCUT2D eigenvalue weighted by Crippen LogP contribution is 2.25. The first-order valence-corrected chi connectivity index (χ1v) is 9.47. The van der Waals surface area contributed by atoms with Crippen LogP contribution in [0.25, 0.3) is 16.5 Å². The predicted octanol–water partition coefficient (Wildman–Crippen LogP) is 3.54. The first-order chi connectivity index (χ1) is 14.1. The van der Waals surface area contributed by atoms with Gasteiger partial charge in [0.15, 0.2) is 6.61 Å². The first kappa shape index (κ1) is 18.8. The van der Waals surface area contributed by atoms with Crippen LogP contribution in [-0.4, -0.2) is 41.6 Å². The third-order valence-electron chi connectivity index (χ3n) is 5.04. The molecule has 0 bridgehead atoms. The van der Waals surface area contributed by atoms with Crippen LogP contribution in [0.5, 0.6) is 5.75 Å². The van der Waals surface area contributed by atoms with Crippen molar-refractivity contribution in [3.63, 3.8) is 0 Å². The van der Waals surface area contributed by atoms with Crippen molar-refractivity contribution < 1.29 is 23.8 Å². The number of aromatic hydroxyl groups is 1. The summed E-state index contributed by atoms with van der Waals surface area (Å²) in [4.78, 5) is 26.2. The Morgan fingerprint density at radius 2 is 1.97 bits per heavy atom. The molecule has 0 atom stereocenters. The highest BCUT2D eigenvalue weighted by Gasteiger charge is 2.20. The minimum atomic E-state index is -0.494. The van der Waals surface area contributed by atoms with Crippen LogP contribution in [0.4, 0.5) is 0 Å². The van der Waals surface area contributed by atoms with E-state index in [4.69, 9.17) is 9.15 Å². The van der Waals surface area contributed by atoms with Crippen molar-refractivity contribution in [2.75, 3.05) is 19.7 Å². The number of esters is 1. The van der Waals surface area contributed by atoms with Crippen molar-refractivity contribution in [2.45, 2.75) is 12.8 Å². The Morgan fingerprint density at radius 3 is 2.72 bits per heavy atom. The Hall–Kier alpha value is -3.54. The molecule has 0 fully saturated rings. The van der Waals surface area contributed by atoms with Crippen LogP contribution in [0.2, 0.25) is 0 Å². The van der Waals surface area contributed by atoms with Gasteiger partial charge in [0, 0.05) is 30.1 Å². The van der Waals surface area contributed by atoms with E-state index in [2.05, 4.69) is 12.1 Å². The van der Waals surface area contributed by atoms with Crippen LogP contribution in [0.1, 0.15) is 17.5 Å². The number of furan rings is 1. The van der Waals surface area contributed by atoms with Crippen molar-refractivity contribution in [2.24, 2.45) is 0 Å². The van der Waals surface area contributed by atoms with E-state index in [9.17, 15) is 14.7 Å². The van der Waals surface area contributed by atoms with Crippen LogP contribution >= 0.6 is 0 Å². The monoisotopic (exact) mass is 391 g/mol. The number of phenolic OH excluding ortho intramolecular Hbond substituents is 1. The number of carbonyl (C=O) groups excluding carboxylic acids is 2. The molecule has 0 saturated heterocycles. The van der Waals surface area contributed by atoms with Crippen molar-refractivity contribution in [3.05, 3.63) is 72.0 Å². The standard InChI is InChI=1S/C23H21NO5/c25-19-6-7-20-18(14-28-21(20)13-19)12-23(27)29-15-22(26)24-10-8-17(9-11-24)16-4-2-1-3-5-16/h1-8,13-14,25H,9-12,15H2. The van der Waals surface area contributed by atoms with Gasteiger partial charge in [-0.2, -0.15) is 0 Å². The van der Waals surface area contributed by atoms with E-state index in [1.54, 1.807) is 11.0 Å². The number of hydrogen-bond acceptors (Lipinski definition) is 5. The molecular formula is C23H21NO5. The van der Waals surface area contributed by atoms with Crippen molar-refractivity contribution in [1.82, 2.24) is 4.90 Å². The quantitative estimate of drug-likeness (QED) is 0.673. The van der Waals surface area contributed by atoms with Gasteiger partial charge in [-0.15, -0.1) is 0 Å². The Labute approximate surface area is 168 Å². The van der Waals surface area contributed by atoms with Crippen molar-refractivity contribution in [1.29, 1.82) is 0 Å². The molecule has 1 aliphatic heterocycles. The molecule has 1 N–H and O–H groups in total. The third-order valence-corrected chi connectivity index (χ3v) is 5.04. The van der Waals surface area contributed by atoms with E-state index in [0.29, 0.717) is 24.2 Å². The molecule has 0 radical (unpaired) electrons. The summed E-state index contributed by atoms with van der Waals surface area (Å²) in [6.45, 7) is 0.841. The maximum atomic E-state index is 12.4. The largest absolute Gasteiger partial charge is 0.508 e. The zero-order chi connectivity index (χ0) is 20.2. The summed E-state index contributed by atoms with van der Waals surface area (Å²) in [5, 5.41) is 10.2. The number of fused-ring (bicyclic) bond motifs is 1. The number of nitrogens with zero attached hydrogens (tertiary/aromatic N) is 1. The number of amides is 1. The molecule has 6 heteroatoms. The number of carbonyl (C=O) groups is 2. The molecule has 2 heterocycles. The Morgan fingerprint density at radius 1 is 1.14 bits per heavy atom. The summed E-state index contributed by atoms with van der Waals surface area (Å²) in [7, 11) is 0. The fourth-order valence-electron chi connectivity index (χ4n) is 3.46. The van der Waals surface area contributed by atoms with E-state index in [0.717, 1.165) is 11.8 Å². The molecule has 1 aromatic heterocycles. The minimum absolute atomic E-state index is 0.00309. The molecule has 1 aliphatic rings. The molecule has 0 saturated carbocycles. The van der Waals surface area contributed by atoms with Crippen LogP contribution < -0.4 is 0 Å². The summed E-state index contributed by atoms with van der Waals surface area (Å²) in [5.41, 5.74) is 3.56. The van der Waals surface area contributed by atoms with Crippen LogP contribution in [0, 0.1) is 0 Å². The average Bonchev–Trinajstić information content (AvgIpc) is 3.14. The lowest BCUT2D eigenvalue weighted by atomic mass is 10.00. The highest BCUT2D eigenvalue weighted by molar-refractivity contribution is 5.87. The molecule has 148 valence electrons. The number of benzene rings is 2. The fraction of sp³-hybridized carbons (Fsp3) is 0.217. The van der Waals surface area contributed by atoms with Gasteiger partial charge >= 0.3 is 5.97 Å². The Bertz CT molecular complexity index is 1070. The second-order valence-corrected chi connectivity index (χ2v) is 6.96. The maximum absolute atomic E-state index is 12.4. The molecule has 1 amide bonds. The molecule has 0 aliphatic carbocycles. The average molecular weight is 391 g/mol. The van der Waals surface area contributed by atoms with Crippen LogP contribution in [0.15, 0.2) is 65.3 Å². The van der Waals surface area contributed by atoms with Crippen molar-refractivity contribution in [3.8, 4) is 5.75 Å². The number of hydrogen-bond donors (Lipinski definition) is 1. The van der Waals surface area contributed by atoms with Gasteiger partial charge in [0.1, 0.15) is 11.3 Å².